The lowest BCUT2D eigenvalue weighted by Gasteiger charge is -2.23. The van der Waals surface area contributed by atoms with E-state index in [4.69, 9.17) is 5.73 Å². The van der Waals surface area contributed by atoms with E-state index in [0.717, 1.165) is 23.9 Å². The van der Waals surface area contributed by atoms with Crippen molar-refractivity contribution in [2.75, 3.05) is 25.0 Å². The van der Waals surface area contributed by atoms with Gasteiger partial charge in [0.15, 0.2) is 0 Å². The highest BCUT2D eigenvalue weighted by molar-refractivity contribution is 9.10. The lowest BCUT2D eigenvalue weighted by molar-refractivity contribution is -0.131. The Balaban J connectivity index is 1.70. The lowest BCUT2D eigenvalue weighted by atomic mass is 10.2. The van der Waals surface area contributed by atoms with Crippen LogP contribution in [0.3, 0.4) is 0 Å². The fourth-order valence-electron chi connectivity index (χ4n) is 2.54. The highest BCUT2D eigenvalue weighted by atomic mass is 79.9. The van der Waals surface area contributed by atoms with Crippen LogP contribution in [-0.4, -0.2) is 42.5 Å². The maximum atomic E-state index is 12.1. The van der Waals surface area contributed by atoms with Crippen LogP contribution >= 0.6 is 15.9 Å². The number of carbonyl (C=O) groups excluding carboxylic acids is 2. The van der Waals surface area contributed by atoms with Gasteiger partial charge in [-0.15, -0.1) is 0 Å². The summed E-state index contributed by atoms with van der Waals surface area (Å²) in [5.74, 6) is 0.0527. The Bertz CT molecular complexity index is 521. The molecule has 1 unspecified atom stereocenters. The molecule has 1 aliphatic rings. The maximum absolute atomic E-state index is 12.1. The summed E-state index contributed by atoms with van der Waals surface area (Å²) in [4.78, 5) is 25.7. The molecule has 1 fully saturated rings. The summed E-state index contributed by atoms with van der Waals surface area (Å²) in [6, 6.07) is 7.13. The lowest BCUT2D eigenvalue weighted by Crippen LogP contribution is -2.41. The summed E-state index contributed by atoms with van der Waals surface area (Å²) in [6.45, 7) is 1.59. The highest BCUT2D eigenvalue weighted by Crippen LogP contribution is 2.17. The fraction of sp³-hybridized carbons (Fsp3) is 0.467. The van der Waals surface area contributed by atoms with Crippen LogP contribution in [0, 0.1) is 0 Å². The third kappa shape index (κ3) is 4.71. The predicted molar refractivity (Wildman–Crippen MR) is 89.6 cm³/mol. The Morgan fingerprint density at radius 1 is 1.32 bits per heavy atom. The first-order valence-corrected chi connectivity index (χ1v) is 8.19. The number of halogens is 1. The first-order chi connectivity index (χ1) is 10.6. The van der Waals surface area contributed by atoms with E-state index in [1.807, 2.05) is 17.0 Å². The van der Waals surface area contributed by atoms with Gasteiger partial charge in [-0.2, -0.15) is 0 Å². The number of nitrogens with one attached hydrogen (secondary N) is 2. The van der Waals surface area contributed by atoms with E-state index in [1.165, 1.54) is 0 Å². The van der Waals surface area contributed by atoms with Crippen molar-refractivity contribution in [3.63, 3.8) is 0 Å². The number of likely N-dealkylation sites (tertiary alicyclic amines) is 1. The summed E-state index contributed by atoms with van der Waals surface area (Å²) in [6.07, 6.45) is 2.27. The topological polar surface area (TPSA) is 87.5 Å². The Labute approximate surface area is 138 Å². The molecular weight excluding hydrogens is 348 g/mol. The van der Waals surface area contributed by atoms with Crippen molar-refractivity contribution in [3.05, 3.63) is 28.7 Å². The van der Waals surface area contributed by atoms with Crippen LogP contribution in [0.2, 0.25) is 0 Å². The molecule has 1 aliphatic heterocycles. The van der Waals surface area contributed by atoms with Gasteiger partial charge in [-0.25, -0.2) is 4.79 Å². The van der Waals surface area contributed by atoms with Gasteiger partial charge < -0.3 is 21.3 Å². The smallest absolute Gasteiger partial charge is 0.319 e. The van der Waals surface area contributed by atoms with Crippen LogP contribution in [0.15, 0.2) is 28.7 Å². The molecule has 0 bridgehead atoms. The number of carbonyl (C=O) groups is 2. The number of anilines is 1. The minimum atomic E-state index is -0.313. The number of rotatable bonds is 5. The molecule has 3 amide bonds. The monoisotopic (exact) mass is 368 g/mol. The molecule has 0 radical (unpaired) electrons. The van der Waals surface area contributed by atoms with Gasteiger partial charge in [0, 0.05) is 42.3 Å². The SMILES string of the molecule is NCC1CCCN1C(=O)CCNC(=O)Nc1ccc(Br)cc1. The van der Waals surface area contributed by atoms with Crippen LogP contribution in [0.1, 0.15) is 19.3 Å². The molecule has 1 heterocycles. The number of hydrogen-bond donors (Lipinski definition) is 3. The normalized spacial score (nSPS) is 17.4. The van der Waals surface area contributed by atoms with Crippen LogP contribution in [0.4, 0.5) is 10.5 Å². The van der Waals surface area contributed by atoms with Crippen molar-refractivity contribution in [2.24, 2.45) is 5.73 Å². The van der Waals surface area contributed by atoms with Crippen molar-refractivity contribution in [2.45, 2.75) is 25.3 Å². The van der Waals surface area contributed by atoms with Gasteiger partial charge in [-0.3, -0.25) is 4.79 Å². The van der Waals surface area contributed by atoms with E-state index in [0.29, 0.717) is 25.2 Å². The zero-order chi connectivity index (χ0) is 15.9. The van der Waals surface area contributed by atoms with Gasteiger partial charge in [-0.05, 0) is 37.1 Å². The fourth-order valence-corrected chi connectivity index (χ4v) is 2.81. The summed E-state index contributed by atoms with van der Waals surface area (Å²) in [5, 5.41) is 5.41. The number of hydrogen-bond acceptors (Lipinski definition) is 3. The first kappa shape index (κ1) is 16.8. The molecule has 120 valence electrons. The Kier molecular flexibility index (Phi) is 6.21. The minimum Gasteiger partial charge on any atom is -0.338 e. The largest absolute Gasteiger partial charge is 0.338 e. The van der Waals surface area contributed by atoms with Gasteiger partial charge in [-0.1, -0.05) is 15.9 Å². The number of urea groups is 1. The van der Waals surface area contributed by atoms with Crippen LogP contribution in [0.25, 0.3) is 0 Å². The van der Waals surface area contributed by atoms with Crippen LogP contribution in [-0.2, 0) is 4.79 Å². The van der Waals surface area contributed by atoms with Gasteiger partial charge in [0.05, 0.1) is 0 Å². The maximum Gasteiger partial charge on any atom is 0.319 e. The molecule has 22 heavy (non-hydrogen) atoms. The molecule has 0 saturated carbocycles. The Morgan fingerprint density at radius 3 is 2.73 bits per heavy atom. The minimum absolute atomic E-state index is 0.0527. The molecule has 2 rings (SSSR count). The van der Waals surface area contributed by atoms with E-state index < -0.39 is 0 Å². The second-order valence-electron chi connectivity index (χ2n) is 5.26. The van der Waals surface area contributed by atoms with Crippen molar-refractivity contribution >= 4 is 33.6 Å². The molecule has 1 atom stereocenters. The van der Waals surface area contributed by atoms with E-state index in [-0.39, 0.29) is 18.0 Å². The third-order valence-electron chi connectivity index (χ3n) is 3.70. The zero-order valence-electron chi connectivity index (χ0n) is 12.3. The molecule has 6 nitrogen and oxygen atoms in total. The average Bonchev–Trinajstić information content (AvgIpc) is 2.98. The summed E-state index contributed by atoms with van der Waals surface area (Å²) in [7, 11) is 0. The van der Waals surface area contributed by atoms with Crippen molar-refractivity contribution in [3.8, 4) is 0 Å². The van der Waals surface area contributed by atoms with E-state index in [9.17, 15) is 9.59 Å². The number of nitrogens with two attached hydrogens (primary N) is 1. The van der Waals surface area contributed by atoms with E-state index in [1.54, 1.807) is 12.1 Å². The molecule has 0 aromatic heterocycles. The second kappa shape index (κ2) is 8.14. The summed E-state index contributed by atoms with van der Waals surface area (Å²) >= 11 is 3.33. The predicted octanol–water partition coefficient (Wildman–Crippen LogP) is 1.91. The third-order valence-corrected chi connectivity index (χ3v) is 4.22. The molecule has 0 aliphatic carbocycles. The standard InChI is InChI=1S/C15H21BrN4O2/c16-11-3-5-12(6-4-11)19-15(22)18-8-7-14(21)20-9-1-2-13(20)10-17/h3-6,13H,1-2,7-10,17H2,(H2,18,19,22). The van der Waals surface area contributed by atoms with Crippen molar-refractivity contribution in [1.82, 2.24) is 10.2 Å². The molecule has 4 N–H and O–H groups in total. The van der Waals surface area contributed by atoms with E-state index in [2.05, 4.69) is 26.6 Å². The molecule has 0 spiro atoms. The van der Waals surface area contributed by atoms with Gasteiger partial charge in [0.25, 0.3) is 0 Å². The molecule has 7 heteroatoms. The van der Waals surface area contributed by atoms with Gasteiger partial charge in [0.2, 0.25) is 5.91 Å². The quantitative estimate of drug-likeness (QED) is 0.741. The highest BCUT2D eigenvalue weighted by Gasteiger charge is 2.26. The Morgan fingerprint density at radius 2 is 2.05 bits per heavy atom. The molecular formula is C15H21BrN4O2. The Hall–Kier alpha value is -1.60. The van der Waals surface area contributed by atoms with Gasteiger partial charge >= 0.3 is 6.03 Å². The zero-order valence-corrected chi connectivity index (χ0v) is 13.9. The first-order valence-electron chi connectivity index (χ1n) is 7.40. The molecule has 1 saturated heterocycles. The number of amides is 3. The van der Waals surface area contributed by atoms with E-state index >= 15 is 0 Å². The van der Waals surface area contributed by atoms with Gasteiger partial charge in [0.1, 0.15) is 0 Å². The van der Waals surface area contributed by atoms with Crippen LogP contribution in [0.5, 0.6) is 0 Å². The molecule has 1 aromatic rings. The summed E-state index contributed by atoms with van der Waals surface area (Å²) < 4.78 is 0.948. The number of benzene rings is 1. The van der Waals surface area contributed by atoms with Crippen molar-refractivity contribution in [1.29, 1.82) is 0 Å². The average molecular weight is 369 g/mol. The van der Waals surface area contributed by atoms with Crippen molar-refractivity contribution < 1.29 is 9.59 Å². The number of nitrogens with zero attached hydrogens (tertiary/aromatic N) is 1. The molecule has 1 aromatic carbocycles. The summed E-state index contributed by atoms with van der Waals surface area (Å²) in [5.41, 5.74) is 6.36. The van der Waals surface area contributed by atoms with Crippen LogP contribution < -0.4 is 16.4 Å². The second-order valence-corrected chi connectivity index (χ2v) is 6.17.